The Labute approximate surface area is 180 Å². The highest BCUT2D eigenvalue weighted by Gasteiger charge is 2.36. The van der Waals surface area contributed by atoms with Crippen LogP contribution >= 0.6 is 24.0 Å². The number of fused-ring (bicyclic) bond motifs is 1. The summed E-state index contributed by atoms with van der Waals surface area (Å²) in [6, 6.07) is 0. The minimum Gasteiger partial charge on any atom is -0.349 e. The van der Waals surface area contributed by atoms with Crippen molar-refractivity contribution in [1.82, 2.24) is 25.0 Å². The van der Waals surface area contributed by atoms with Gasteiger partial charge in [-0.25, -0.2) is 0 Å². The van der Waals surface area contributed by atoms with Crippen molar-refractivity contribution in [2.24, 2.45) is 10.4 Å². The van der Waals surface area contributed by atoms with Gasteiger partial charge in [-0.1, -0.05) is 25.7 Å². The van der Waals surface area contributed by atoms with Crippen LogP contribution in [0.15, 0.2) is 4.99 Å². The first kappa shape index (κ1) is 20.9. The van der Waals surface area contributed by atoms with Gasteiger partial charge in [-0.05, 0) is 43.9 Å². The fraction of sp³-hybridized carbons (Fsp3) is 0.850. The molecule has 2 fully saturated rings. The van der Waals surface area contributed by atoms with Gasteiger partial charge in [0.05, 0.1) is 6.54 Å². The van der Waals surface area contributed by atoms with Crippen molar-refractivity contribution >= 4 is 29.9 Å². The molecule has 0 atom stereocenters. The Hall–Kier alpha value is -0.860. The molecule has 152 valence electrons. The molecule has 1 saturated carbocycles. The van der Waals surface area contributed by atoms with Crippen LogP contribution in [0.25, 0.3) is 0 Å². The number of hydrogen-bond donors (Lipinski definition) is 1. The number of hydrogen-bond acceptors (Lipinski definition) is 3. The molecule has 4 rings (SSSR count). The molecule has 7 heteroatoms. The smallest absolute Gasteiger partial charge is 0.194 e. The summed E-state index contributed by atoms with van der Waals surface area (Å²) >= 11 is 0. The molecule has 0 radical (unpaired) electrons. The molecule has 2 aliphatic heterocycles. The van der Waals surface area contributed by atoms with Gasteiger partial charge < -0.3 is 14.8 Å². The molecule has 27 heavy (non-hydrogen) atoms. The lowest BCUT2D eigenvalue weighted by molar-refractivity contribution is 0.115. The van der Waals surface area contributed by atoms with Crippen molar-refractivity contribution in [3.8, 4) is 0 Å². The first-order valence-corrected chi connectivity index (χ1v) is 10.7. The molecule has 1 saturated heterocycles. The Bertz CT molecular complexity index is 632. The number of rotatable bonds is 2. The summed E-state index contributed by atoms with van der Waals surface area (Å²) < 4.78 is 2.30. The summed E-state index contributed by atoms with van der Waals surface area (Å²) in [5.41, 5.74) is 0.528. The molecule has 1 N–H and O–H groups in total. The second-order valence-corrected chi connectivity index (χ2v) is 8.48. The number of piperidine rings is 1. The van der Waals surface area contributed by atoms with Gasteiger partial charge >= 0.3 is 0 Å². The zero-order valence-corrected chi connectivity index (χ0v) is 19.1. The van der Waals surface area contributed by atoms with E-state index in [0.717, 1.165) is 43.7 Å². The van der Waals surface area contributed by atoms with E-state index in [9.17, 15) is 0 Å². The van der Waals surface area contributed by atoms with Crippen LogP contribution in [-0.4, -0.2) is 45.8 Å². The van der Waals surface area contributed by atoms with E-state index >= 15 is 0 Å². The predicted molar refractivity (Wildman–Crippen MR) is 120 cm³/mol. The number of aryl methyl sites for hydroxylation is 1. The number of nitrogens with one attached hydrogen (secondary N) is 1. The van der Waals surface area contributed by atoms with E-state index in [2.05, 4.69) is 30.0 Å². The fourth-order valence-corrected chi connectivity index (χ4v) is 5.27. The molecular formula is C20H35IN6. The fourth-order valence-electron chi connectivity index (χ4n) is 5.27. The molecule has 1 aromatic heterocycles. The lowest BCUT2D eigenvalue weighted by Gasteiger charge is -2.44. The molecule has 6 nitrogen and oxygen atoms in total. The number of nitrogens with zero attached hydrogens (tertiary/aromatic N) is 5. The van der Waals surface area contributed by atoms with Gasteiger partial charge in [0.15, 0.2) is 11.8 Å². The Morgan fingerprint density at radius 3 is 2.56 bits per heavy atom. The Morgan fingerprint density at radius 2 is 1.78 bits per heavy atom. The Balaban J connectivity index is 0.00000210. The number of aliphatic imine (C=N–C) groups is 1. The number of likely N-dealkylation sites (tertiary alicyclic amines) is 1. The van der Waals surface area contributed by atoms with Crippen LogP contribution in [0.4, 0.5) is 0 Å². The third-order valence-corrected chi connectivity index (χ3v) is 6.68. The summed E-state index contributed by atoms with van der Waals surface area (Å²) in [5.74, 6) is 3.25. The Morgan fingerprint density at radius 1 is 1.00 bits per heavy atom. The topological polar surface area (TPSA) is 58.3 Å². The molecule has 3 aliphatic rings. The largest absolute Gasteiger partial charge is 0.349 e. The number of halogens is 1. The van der Waals surface area contributed by atoms with Crippen LogP contribution in [0.2, 0.25) is 0 Å². The van der Waals surface area contributed by atoms with Gasteiger partial charge in [-0.2, -0.15) is 0 Å². The first-order chi connectivity index (χ1) is 12.8. The highest BCUT2D eigenvalue weighted by atomic mass is 127. The minimum atomic E-state index is 0. The minimum absolute atomic E-state index is 0. The first-order valence-electron chi connectivity index (χ1n) is 10.7. The van der Waals surface area contributed by atoms with Gasteiger partial charge in [-0.3, -0.25) is 4.99 Å². The maximum Gasteiger partial charge on any atom is 0.194 e. The Kier molecular flexibility index (Phi) is 7.39. The van der Waals surface area contributed by atoms with Crippen LogP contribution < -0.4 is 5.32 Å². The quantitative estimate of drug-likeness (QED) is 0.393. The summed E-state index contributed by atoms with van der Waals surface area (Å²) in [5, 5.41) is 12.4. The maximum absolute atomic E-state index is 4.60. The van der Waals surface area contributed by atoms with Crippen LogP contribution in [0.5, 0.6) is 0 Å². The molecular weight excluding hydrogens is 451 g/mol. The van der Waals surface area contributed by atoms with Crippen molar-refractivity contribution in [2.75, 3.05) is 20.1 Å². The molecule has 0 amide bonds. The van der Waals surface area contributed by atoms with Gasteiger partial charge in [-0.15, -0.1) is 34.2 Å². The predicted octanol–water partition coefficient (Wildman–Crippen LogP) is 3.74. The SMILES string of the molecule is CN=C(NCc1nnc2n1CCCC2)N1CCCC2(CCCCCC2)C1.I. The average Bonchev–Trinajstić information content (AvgIpc) is 2.96. The maximum atomic E-state index is 4.60. The summed E-state index contributed by atoms with van der Waals surface area (Å²) in [6.07, 6.45) is 14.7. The molecule has 3 heterocycles. The normalized spacial score (nSPS) is 22.7. The molecule has 1 spiro atoms. The molecule has 0 aromatic carbocycles. The average molecular weight is 486 g/mol. The summed E-state index contributed by atoms with van der Waals surface area (Å²) in [7, 11) is 1.91. The van der Waals surface area contributed by atoms with Crippen LogP contribution in [0.1, 0.15) is 75.9 Å². The highest BCUT2D eigenvalue weighted by molar-refractivity contribution is 14.0. The van der Waals surface area contributed by atoms with E-state index in [0.29, 0.717) is 5.41 Å². The molecule has 1 aromatic rings. The van der Waals surface area contributed by atoms with E-state index in [4.69, 9.17) is 0 Å². The number of guanidine groups is 1. The van der Waals surface area contributed by atoms with Crippen molar-refractivity contribution in [2.45, 2.75) is 83.7 Å². The van der Waals surface area contributed by atoms with Crippen LogP contribution in [0, 0.1) is 5.41 Å². The third-order valence-electron chi connectivity index (χ3n) is 6.68. The zero-order chi connectivity index (χ0) is 17.8. The lowest BCUT2D eigenvalue weighted by Crippen LogP contribution is -2.50. The summed E-state index contributed by atoms with van der Waals surface area (Å²) in [6.45, 7) is 4.08. The second kappa shape index (κ2) is 9.56. The van der Waals surface area contributed by atoms with Gasteiger partial charge in [0.25, 0.3) is 0 Å². The summed E-state index contributed by atoms with van der Waals surface area (Å²) in [4.78, 5) is 7.10. The monoisotopic (exact) mass is 486 g/mol. The zero-order valence-electron chi connectivity index (χ0n) is 16.8. The van der Waals surface area contributed by atoms with Gasteiger partial charge in [0.1, 0.15) is 5.82 Å². The number of aromatic nitrogens is 3. The van der Waals surface area contributed by atoms with E-state index in [-0.39, 0.29) is 24.0 Å². The lowest BCUT2D eigenvalue weighted by atomic mass is 9.74. The second-order valence-electron chi connectivity index (χ2n) is 8.48. The van der Waals surface area contributed by atoms with Crippen LogP contribution in [0.3, 0.4) is 0 Å². The van der Waals surface area contributed by atoms with E-state index in [1.54, 1.807) is 0 Å². The van der Waals surface area contributed by atoms with E-state index < -0.39 is 0 Å². The van der Waals surface area contributed by atoms with Crippen molar-refractivity contribution in [1.29, 1.82) is 0 Å². The molecule has 0 bridgehead atoms. The highest BCUT2D eigenvalue weighted by Crippen LogP contribution is 2.42. The van der Waals surface area contributed by atoms with Crippen molar-refractivity contribution in [3.05, 3.63) is 11.6 Å². The van der Waals surface area contributed by atoms with Crippen LogP contribution in [-0.2, 0) is 19.5 Å². The van der Waals surface area contributed by atoms with Crippen molar-refractivity contribution < 1.29 is 0 Å². The molecule has 0 unspecified atom stereocenters. The van der Waals surface area contributed by atoms with Crippen molar-refractivity contribution in [3.63, 3.8) is 0 Å². The van der Waals surface area contributed by atoms with E-state index in [1.807, 2.05) is 7.05 Å². The van der Waals surface area contributed by atoms with Gasteiger partial charge in [0, 0.05) is 33.1 Å². The van der Waals surface area contributed by atoms with Gasteiger partial charge in [0.2, 0.25) is 0 Å². The standard InChI is InChI=1S/C20H34N6.HI/c1-21-19(22-15-18-24-23-17-9-4-7-14-26(17)18)25-13-8-12-20(16-25)10-5-2-3-6-11-20;/h2-16H2,1H3,(H,21,22);1H. The van der Waals surface area contributed by atoms with E-state index in [1.165, 1.54) is 70.8 Å². The third kappa shape index (κ3) is 4.77. The molecule has 1 aliphatic carbocycles.